The van der Waals surface area contributed by atoms with Crippen LogP contribution in [0.15, 0.2) is 28.9 Å². The highest BCUT2D eigenvalue weighted by Crippen LogP contribution is 2.26. The van der Waals surface area contributed by atoms with Crippen LogP contribution in [0.4, 0.5) is 10.1 Å². The Kier molecular flexibility index (Phi) is 3.78. The van der Waals surface area contributed by atoms with Gasteiger partial charge < -0.3 is 14.6 Å². The number of halogens is 2. The molecule has 3 rings (SSSR count). The standard InChI is InChI=1S/C13H15FN2O.ClH/c1-9-8-16(4-3-15-9)11-6-10-2-5-17-13(10)12(14)7-11;/h2,5-7,9,15H,3-4,8H2,1H3;1H/t9-;/m1./s1. The average molecular weight is 271 g/mol. The van der Waals surface area contributed by atoms with Crippen LogP contribution < -0.4 is 10.2 Å². The number of rotatable bonds is 1. The molecule has 2 heterocycles. The van der Waals surface area contributed by atoms with Crippen molar-refractivity contribution in [3.8, 4) is 0 Å². The minimum atomic E-state index is -0.284. The van der Waals surface area contributed by atoms with Crippen LogP contribution in [0.1, 0.15) is 6.92 Å². The predicted molar refractivity (Wildman–Crippen MR) is 73.1 cm³/mol. The van der Waals surface area contributed by atoms with E-state index >= 15 is 0 Å². The van der Waals surface area contributed by atoms with Crippen molar-refractivity contribution < 1.29 is 8.81 Å². The number of piperazine rings is 1. The van der Waals surface area contributed by atoms with Crippen LogP contribution in [-0.2, 0) is 0 Å². The Bertz CT molecular complexity index is 543. The van der Waals surface area contributed by atoms with Gasteiger partial charge in [-0.3, -0.25) is 0 Å². The topological polar surface area (TPSA) is 28.4 Å². The number of nitrogens with one attached hydrogen (secondary N) is 1. The molecule has 5 heteroatoms. The van der Waals surface area contributed by atoms with Crippen molar-refractivity contribution >= 4 is 29.1 Å². The first-order valence-electron chi connectivity index (χ1n) is 5.89. The minimum absolute atomic E-state index is 0. The quantitative estimate of drug-likeness (QED) is 0.864. The van der Waals surface area contributed by atoms with Gasteiger partial charge in [0.15, 0.2) is 11.4 Å². The molecule has 1 aliphatic rings. The minimum Gasteiger partial charge on any atom is -0.461 e. The Morgan fingerprint density at radius 1 is 1.44 bits per heavy atom. The third kappa shape index (κ3) is 2.31. The van der Waals surface area contributed by atoms with E-state index in [1.807, 2.05) is 6.07 Å². The highest BCUT2D eigenvalue weighted by atomic mass is 35.5. The van der Waals surface area contributed by atoms with E-state index < -0.39 is 0 Å². The Hall–Kier alpha value is -1.26. The van der Waals surface area contributed by atoms with Crippen LogP contribution in [0.25, 0.3) is 11.0 Å². The first-order valence-corrected chi connectivity index (χ1v) is 5.89. The number of benzene rings is 1. The molecule has 0 amide bonds. The van der Waals surface area contributed by atoms with E-state index in [0.29, 0.717) is 11.6 Å². The number of hydrogen-bond acceptors (Lipinski definition) is 3. The lowest BCUT2D eigenvalue weighted by atomic mass is 10.1. The first-order chi connectivity index (χ1) is 8.24. The summed E-state index contributed by atoms with van der Waals surface area (Å²) in [6, 6.07) is 5.78. The van der Waals surface area contributed by atoms with Crippen molar-refractivity contribution in [2.45, 2.75) is 13.0 Å². The van der Waals surface area contributed by atoms with Crippen molar-refractivity contribution in [1.82, 2.24) is 5.32 Å². The zero-order valence-electron chi connectivity index (χ0n) is 10.1. The Balaban J connectivity index is 0.00000120. The van der Waals surface area contributed by atoms with Gasteiger partial charge in [0.1, 0.15) is 0 Å². The number of hydrogen-bond donors (Lipinski definition) is 1. The summed E-state index contributed by atoms with van der Waals surface area (Å²) in [6.45, 7) is 4.89. The zero-order valence-corrected chi connectivity index (χ0v) is 11.0. The van der Waals surface area contributed by atoms with E-state index in [4.69, 9.17) is 4.42 Å². The first kappa shape index (κ1) is 13.2. The lowest BCUT2D eigenvalue weighted by molar-refractivity contribution is 0.484. The fraction of sp³-hybridized carbons (Fsp3) is 0.385. The smallest absolute Gasteiger partial charge is 0.169 e. The van der Waals surface area contributed by atoms with Gasteiger partial charge in [-0.2, -0.15) is 0 Å². The molecule has 1 aromatic carbocycles. The molecule has 1 atom stereocenters. The van der Waals surface area contributed by atoms with Gasteiger partial charge in [0.05, 0.1) is 6.26 Å². The Morgan fingerprint density at radius 2 is 2.28 bits per heavy atom. The van der Waals surface area contributed by atoms with E-state index in [0.717, 1.165) is 30.7 Å². The fourth-order valence-electron chi connectivity index (χ4n) is 2.37. The Morgan fingerprint density at radius 3 is 3.06 bits per heavy atom. The summed E-state index contributed by atoms with van der Waals surface area (Å²) in [6.07, 6.45) is 1.53. The van der Waals surface area contributed by atoms with E-state index in [1.54, 1.807) is 12.1 Å². The second-order valence-electron chi connectivity index (χ2n) is 4.57. The molecule has 0 bridgehead atoms. The van der Waals surface area contributed by atoms with E-state index in [9.17, 15) is 4.39 Å². The van der Waals surface area contributed by atoms with Crippen LogP contribution in [0.3, 0.4) is 0 Å². The highest BCUT2D eigenvalue weighted by Gasteiger charge is 2.17. The third-order valence-corrected chi connectivity index (χ3v) is 3.22. The second kappa shape index (κ2) is 5.16. The van der Waals surface area contributed by atoms with Gasteiger partial charge in [0, 0.05) is 42.8 Å². The van der Waals surface area contributed by atoms with Crippen LogP contribution in [0.5, 0.6) is 0 Å². The molecule has 1 aliphatic heterocycles. The maximum Gasteiger partial charge on any atom is 0.169 e. The summed E-state index contributed by atoms with van der Waals surface area (Å²) in [7, 11) is 0. The SMILES string of the molecule is C[C@@H]1CN(c2cc(F)c3occc3c2)CCN1.Cl. The molecule has 0 unspecified atom stereocenters. The summed E-state index contributed by atoms with van der Waals surface area (Å²) in [5.74, 6) is -0.284. The van der Waals surface area contributed by atoms with Crippen LogP contribution in [0, 0.1) is 5.82 Å². The molecule has 0 spiro atoms. The molecule has 0 saturated carbocycles. The molecule has 1 saturated heterocycles. The van der Waals surface area contributed by atoms with E-state index in [2.05, 4.69) is 17.1 Å². The molecule has 0 radical (unpaired) electrons. The van der Waals surface area contributed by atoms with Crippen molar-refractivity contribution in [2.75, 3.05) is 24.5 Å². The maximum atomic E-state index is 13.8. The van der Waals surface area contributed by atoms with E-state index in [1.165, 1.54) is 6.26 Å². The second-order valence-corrected chi connectivity index (χ2v) is 4.57. The van der Waals surface area contributed by atoms with E-state index in [-0.39, 0.29) is 18.2 Å². The van der Waals surface area contributed by atoms with Crippen LogP contribution in [-0.4, -0.2) is 25.7 Å². The van der Waals surface area contributed by atoms with Gasteiger partial charge in [0.25, 0.3) is 0 Å². The fourth-order valence-corrected chi connectivity index (χ4v) is 2.37. The lowest BCUT2D eigenvalue weighted by Gasteiger charge is -2.33. The normalized spacial score (nSPS) is 19.9. The van der Waals surface area contributed by atoms with Gasteiger partial charge >= 0.3 is 0 Å². The van der Waals surface area contributed by atoms with Crippen molar-refractivity contribution in [2.24, 2.45) is 0 Å². The maximum absolute atomic E-state index is 13.8. The van der Waals surface area contributed by atoms with Crippen molar-refractivity contribution in [3.05, 3.63) is 30.3 Å². The van der Waals surface area contributed by atoms with Crippen molar-refractivity contribution in [1.29, 1.82) is 0 Å². The van der Waals surface area contributed by atoms with Gasteiger partial charge in [-0.25, -0.2) is 4.39 Å². The van der Waals surface area contributed by atoms with Gasteiger partial charge in [-0.1, -0.05) is 0 Å². The van der Waals surface area contributed by atoms with Crippen LogP contribution >= 0.6 is 12.4 Å². The summed E-state index contributed by atoms with van der Waals surface area (Å²) >= 11 is 0. The molecule has 0 aliphatic carbocycles. The van der Waals surface area contributed by atoms with Gasteiger partial charge in [-0.15, -0.1) is 12.4 Å². The molecule has 18 heavy (non-hydrogen) atoms. The average Bonchev–Trinajstić information content (AvgIpc) is 2.77. The zero-order chi connectivity index (χ0) is 11.8. The monoisotopic (exact) mass is 270 g/mol. The molecule has 1 N–H and O–H groups in total. The summed E-state index contributed by atoms with van der Waals surface area (Å²) < 4.78 is 18.9. The molecule has 98 valence electrons. The number of fused-ring (bicyclic) bond motifs is 1. The summed E-state index contributed by atoms with van der Waals surface area (Å²) in [4.78, 5) is 2.21. The lowest BCUT2D eigenvalue weighted by Crippen LogP contribution is -2.49. The van der Waals surface area contributed by atoms with Crippen LogP contribution in [0.2, 0.25) is 0 Å². The molecule has 1 aromatic heterocycles. The predicted octanol–water partition coefficient (Wildman–Crippen LogP) is 2.79. The molecule has 1 fully saturated rings. The summed E-state index contributed by atoms with van der Waals surface area (Å²) in [5.41, 5.74) is 1.28. The summed E-state index contributed by atoms with van der Waals surface area (Å²) in [5, 5.41) is 4.20. The number of furan rings is 1. The van der Waals surface area contributed by atoms with Crippen molar-refractivity contribution in [3.63, 3.8) is 0 Å². The molecular formula is C13H16ClFN2O. The molecular weight excluding hydrogens is 255 g/mol. The molecule has 3 nitrogen and oxygen atoms in total. The largest absolute Gasteiger partial charge is 0.461 e. The highest BCUT2D eigenvalue weighted by molar-refractivity contribution is 5.85. The van der Waals surface area contributed by atoms with Gasteiger partial charge in [-0.05, 0) is 19.1 Å². The number of anilines is 1. The molecule has 2 aromatic rings. The third-order valence-electron chi connectivity index (χ3n) is 3.22. The van der Waals surface area contributed by atoms with Gasteiger partial charge in [0.2, 0.25) is 0 Å². The number of nitrogens with zero attached hydrogens (tertiary/aromatic N) is 1. The Labute approximate surface area is 111 Å².